The Morgan fingerprint density at radius 2 is 1.02 bits per heavy atom. The molecule has 4 nitrogen and oxygen atoms in total. The Kier molecular flexibility index (Phi) is 7.70. The highest BCUT2D eigenvalue weighted by Gasteiger charge is 2.35. The predicted octanol–water partition coefficient (Wildman–Crippen LogP) is 15.8. The van der Waals surface area contributed by atoms with Crippen LogP contribution in [-0.4, -0.2) is 6.10 Å². The van der Waals surface area contributed by atoms with E-state index in [9.17, 15) is 0 Å². The van der Waals surface area contributed by atoms with E-state index in [2.05, 4.69) is 222 Å². The molecule has 1 atom stereocenters. The minimum absolute atomic E-state index is 0.174. The number of para-hydroxylation sites is 2. The molecule has 2 heterocycles. The molecule has 13 rings (SSSR count). The maximum Gasteiger partial charge on any atom is 0.137 e. The van der Waals surface area contributed by atoms with Crippen LogP contribution < -0.4 is 19.3 Å². The van der Waals surface area contributed by atoms with E-state index in [1.807, 2.05) is 0 Å². The van der Waals surface area contributed by atoms with Crippen LogP contribution in [0.4, 0.5) is 28.4 Å². The van der Waals surface area contributed by atoms with Crippen molar-refractivity contribution in [1.82, 2.24) is 0 Å². The second-order valence-electron chi connectivity index (χ2n) is 16.3. The fraction of sp³-hybridized carbons (Fsp3) is 0.0345. The molecule has 3 aliphatic rings. The molecule has 0 radical (unpaired) electrons. The molecule has 62 heavy (non-hydrogen) atoms. The lowest BCUT2D eigenvalue weighted by Crippen LogP contribution is -2.30. The lowest BCUT2D eigenvalue weighted by molar-refractivity contribution is 0.256. The van der Waals surface area contributed by atoms with Crippen molar-refractivity contribution in [2.24, 2.45) is 0 Å². The fourth-order valence-corrected chi connectivity index (χ4v) is 10.2. The smallest absolute Gasteiger partial charge is 0.137 e. The number of benzene rings is 10. The Labute approximate surface area is 359 Å². The maximum atomic E-state index is 7.12. The number of nitrogens with zero attached hydrogens (tertiary/aromatic N) is 2. The molecule has 0 saturated heterocycles. The summed E-state index contributed by atoms with van der Waals surface area (Å²) in [4.78, 5) is 4.76. The normalized spacial score (nSPS) is 14.7. The van der Waals surface area contributed by atoms with Crippen LogP contribution in [0.15, 0.2) is 218 Å². The molecule has 0 N–H and O–H groups in total. The minimum Gasteiger partial charge on any atom is -0.485 e. The Morgan fingerprint density at radius 3 is 1.82 bits per heavy atom. The number of hydrogen-bond acceptors (Lipinski definition) is 4. The minimum atomic E-state index is -0.174. The van der Waals surface area contributed by atoms with E-state index >= 15 is 0 Å². The van der Waals surface area contributed by atoms with Crippen molar-refractivity contribution in [3.05, 3.63) is 224 Å². The molecule has 0 aromatic heterocycles. The number of anilines is 5. The van der Waals surface area contributed by atoms with E-state index in [0.717, 1.165) is 67.6 Å². The first-order chi connectivity index (χ1) is 30.7. The summed E-state index contributed by atoms with van der Waals surface area (Å²) in [6.07, 6.45) is 5.14. The van der Waals surface area contributed by atoms with Crippen LogP contribution in [0.1, 0.15) is 12.0 Å². The second kappa shape index (κ2) is 13.7. The third kappa shape index (κ3) is 5.33. The van der Waals surface area contributed by atoms with Gasteiger partial charge in [-0.3, -0.25) is 0 Å². The summed E-state index contributed by atoms with van der Waals surface area (Å²) < 4.78 is 14.0. The third-order valence-corrected chi connectivity index (χ3v) is 12.9. The first-order valence-corrected chi connectivity index (χ1v) is 21.3. The van der Waals surface area contributed by atoms with E-state index in [1.54, 1.807) is 0 Å². The highest BCUT2D eigenvalue weighted by Crippen LogP contribution is 2.55. The molecular weight excluding hydrogens is 757 g/mol. The van der Waals surface area contributed by atoms with Gasteiger partial charge in [0.2, 0.25) is 0 Å². The van der Waals surface area contributed by atoms with Gasteiger partial charge in [0.25, 0.3) is 0 Å². The molecule has 0 fully saturated rings. The van der Waals surface area contributed by atoms with Crippen LogP contribution in [0.2, 0.25) is 0 Å². The van der Waals surface area contributed by atoms with E-state index < -0.39 is 0 Å². The van der Waals surface area contributed by atoms with Crippen molar-refractivity contribution in [3.63, 3.8) is 0 Å². The number of fused-ring (bicyclic) bond motifs is 8. The predicted molar refractivity (Wildman–Crippen MR) is 257 cm³/mol. The Hall–Kier alpha value is -8.08. The fourth-order valence-electron chi connectivity index (χ4n) is 10.2. The molecule has 2 aliphatic heterocycles. The largest absolute Gasteiger partial charge is 0.485 e. The van der Waals surface area contributed by atoms with E-state index in [0.29, 0.717) is 6.42 Å². The van der Waals surface area contributed by atoms with Crippen LogP contribution in [0, 0.1) is 0 Å². The van der Waals surface area contributed by atoms with E-state index in [4.69, 9.17) is 9.47 Å². The highest BCUT2D eigenvalue weighted by molar-refractivity contribution is 6.16. The Bertz CT molecular complexity index is 3470. The van der Waals surface area contributed by atoms with Gasteiger partial charge in [-0.2, -0.15) is 0 Å². The maximum absolute atomic E-state index is 7.12. The van der Waals surface area contributed by atoms with Crippen LogP contribution in [0.25, 0.3) is 59.8 Å². The molecule has 0 spiro atoms. The summed E-state index contributed by atoms with van der Waals surface area (Å²) in [7, 11) is 0. The lowest BCUT2D eigenvalue weighted by atomic mass is 9.84. The average Bonchev–Trinajstić information content (AvgIpc) is 3.33. The molecular formula is C58H38N2O2. The van der Waals surface area contributed by atoms with Gasteiger partial charge in [0.15, 0.2) is 0 Å². The zero-order valence-corrected chi connectivity index (χ0v) is 33.7. The number of allylic oxidation sites excluding steroid dienone is 2. The first kappa shape index (κ1) is 34.8. The topological polar surface area (TPSA) is 24.9 Å². The summed E-state index contributed by atoms with van der Waals surface area (Å²) in [5.74, 6) is 2.57. The monoisotopic (exact) mass is 794 g/mol. The van der Waals surface area contributed by atoms with Gasteiger partial charge in [-0.15, -0.1) is 0 Å². The number of hydrogen-bond donors (Lipinski definition) is 0. The zero-order valence-electron chi connectivity index (χ0n) is 33.7. The van der Waals surface area contributed by atoms with Gasteiger partial charge in [-0.25, -0.2) is 0 Å². The molecule has 292 valence electrons. The van der Waals surface area contributed by atoms with Crippen molar-refractivity contribution in [2.75, 3.05) is 9.80 Å². The van der Waals surface area contributed by atoms with Crippen molar-refractivity contribution in [2.45, 2.75) is 12.5 Å². The van der Waals surface area contributed by atoms with Crippen molar-refractivity contribution in [1.29, 1.82) is 0 Å². The van der Waals surface area contributed by atoms with E-state index in [-0.39, 0.29) is 6.10 Å². The van der Waals surface area contributed by atoms with Crippen LogP contribution in [0.3, 0.4) is 0 Å². The second-order valence-corrected chi connectivity index (χ2v) is 16.3. The lowest BCUT2D eigenvalue weighted by Gasteiger charge is -2.37. The molecule has 0 bridgehead atoms. The van der Waals surface area contributed by atoms with Crippen LogP contribution >= 0.6 is 0 Å². The highest BCUT2D eigenvalue weighted by atomic mass is 16.5. The zero-order chi connectivity index (χ0) is 40.7. The van der Waals surface area contributed by atoms with Crippen molar-refractivity contribution in [3.8, 4) is 28.4 Å². The molecule has 10 aromatic rings. The van der Waals surface area contributed by atoms with Crippen LogP contribution in [-0.2, 0) is 0 Å². The molecule has 0 amide bonds. The third-order valence-electron chi connectivity index (χ3n) is 12.9. The summed E-state index contributed by atoms with van der Waals surface area (Å²) in [6.45, 7) is 0. The van der Waals surface area contributed by atoms with Gasteiger partial charge in [-0.1, -0.05) is 133 Å². The van der Waals surface area contributed by atoms with Gasteiger partial charge in [0.1, 0.15) is 23.4 Å². The molecule has 10 aromatic carbocycles. The summed E-state index contributed by atoms with van der Waals surface area (Å²) in [5.41, 5.74) is 11.3. The van der Waals surface area contributed by atoms with E-state index in [1.165, 1.54) is 49.2 Å². The SMILES string of the molecule is C1=C2c3ccc4c5c(ccc(c35)OC2CC(N(c2cccc3ccccc23)c2cc3ccccc3c3ccccc23)=C1)-c1ccc(N(c2ccccc2)c2ccccc2)cc1O4. The molecule has 1 aliphatic carbocycles. The Morgan fingerprint density at radius 1 is 0.387 bits per heavy atom. The van der Waals surface area contributed by atoms with Gasteiger partial charge < -0.3 is 19.3 Å². The van der Waals surface area contributed by atoms with Gasteiger partial charge in [0, 0.05) is 67.9 Å². The quantitative estimate of drug-likeness (QED) is 0.157. The molecule has 1 unspecified atom stereocenters. The van der Waals surface area contributed by atoms with Gasteiger partial charge in [-0.05, 0) is 105 Å². The number of rotatable bonds is 6. The number of ether oxygens (including phenoxy) is 2. The summed E-state index contributed by atoms with van der Waals surface area (Å²) >= 11 is 0. The molecule has 4 heteroatoms. The van der Waals surface area contributed by atoms with Crippen molar-refractivity contribution < 1.29 is 9.47 Å². The van der Waals surface area contributed by atoms with Crippen LogP contribution in [0.5, 0.6) is 17.2 Å². The van der Waals surface area contributed by atoms with Gasteiger partial charge >= 0.3 is 0 Å². The standard InChI is InChI=1S/C58H38N2O2/c1-3-17-39(18-4-1)59(40-19-5-2-6-20-40)41-26-28-47-49-30-33-54-58-50(31-32-53(57(49)58)61-55(47)35-41)48-29-27-42(36-56(48)62-54)60(51-25-13-16-37-14-7-10-22-44(37)51)52-34-38-15-8-9-21-43(38)45-23-11-12-24-46(45)52/h1-35,56H,36H2. The van der Waals surface area contributed by atoms with Gasteiger partial charge in [0.05, 0.1) is 11.4 Å². The average molecular weight is 795 g/mol. The first-order valence-electron chi connectivity index (χ1n) is 21.3. The summed E-state index contributed by atoms with van der Waals surface area (Å²) in [6, 6.07) is 71.6. The van der Waals surface area contributed by atoms with Crippen molar-refractivity contribution >= 4 is 77.1 Å². The summed E-state index contributed by atoms with van der Waals surface area (Å²) in [5, 5.41) is 9.54. The molecule has 0 saturated carbocycles. The Balaban J connectivity index is 0.942.